The van der Waals surface area contributed by atoms with E-state index < -0.39 is 15.6 Å². The summed E-state index contributed by atoms with van der Waals surface area (Å²) >= 11 is 0. The molecule has 0 aliphatic heterocycles. The number of ether oxygens (including phenoxy) is 1. The summed E-state index contributed by atoms with van der Waals surface area (Å²) in [7, 11) is -3.72. The van der Waals surface area contributed by atoms with E-state index in [9.17, 15) is 8.42 Å². The Kier molecular flexibility index (Phi) is 7.16. The highest BCUT2D eigenvalue weighted by Gasteiger charge is 2.29. The molecule has 0 radical (unpaired) electrons. The number of nitrogens with one attached hydrogen (secondary N) is 2. The van der Waals surface area contributed by atoms with Crippen molar-refractivity contribution in [2.75, 3.05) is 0 Å². The van der Waals surface area contributed by atoms with Crippen LogP contribution >= 0.6 is 0 Å². The highest BCUT2D eigenvalue weighted by molar-refractivity contribution is 7.89. The van der Waals surface area contributed by atoms with Crippen molar-refractivity contribution in [1.82, 2.24) is 20.1 Å². The Hall–Kier alpha value is -2.71. The van der Waals surface area contributed by atoms with Crippen LogP contribution in [0.5, 0.6) is 0 Å². The first-order valence-electron chi connectivity index (χ1n) is 9.24. The third-order valence-corrected chi connectivity index (χ3v) is 5.84. The Balaban J connectivity index is 2.19. The average Bonchev–Trinajstić information content (AvgIpc) is 3.19. The maximum Gasteiger partial charge on any atom is 0.241 e. The molecule has 2 aromatic rings. The van der Waals surface area contributed by atoms with Gasteiger partial charge in [-0.25, -0.2) is 8.42 Å². The van der Waals surface area contributed by atoms with Crippen molar-refractivity contribution in [3.8, 4) is 0 Å². The first-order valence-corrected chi connectivity index (χ1v) is 10.7. The normalized spacial score (nSPS) is 13.6. The predicted molar refractivity (Wildman–Crippen MR) is 114 cm³/mol. The van der Waals surface area contributed by atoms with Gasteiger partial charge in [-0.3, -0.25) is 5.10 Å². The summed E-state index contributed by atoms with van der Waals surface area (Å²) in [5, 5.41) is 10.0. The maximum atomic E-state index is 12.8. The molecule has 2 N–H and O–H groups in total. The minimum atomic E-state index is -3.72. The molecular formula is C21H28N4O3S. The maximum absolute atomic E-state index is 12.8. The number of nitrogens with zero attached hydrogens (tertiary/aromatic N) is 2. The molecule has 1 aromatic carbocycles. The first-order chi connectivity index (χ1) is 13.5. The third kappa shape index (κ3) is 6.13. The highest BCUT2D eigenvalue weighted by Crippen LogP contribution is 2.22. The van der Waals surface area contributed by atoms with Crippen LogP contribution in [0.4, 0.5) is 0 Å². The second-order valence-electron chi connectivity index (χ2n) is 7.41. The van der Waals surface area contributed by atoms with Gasteiger partial charge in [0.1, 0.15) is 5.76 Å². The molecule has 0 saturated carbocycles. The van der Waals surface area contributed by atoms with Crippen molar-refractivity contribution in [3.05, 3.63) is 72.3 Å². The number of sulfonamides is 1. The van der Waals surface area contributed by atoms with E-state index >= 15 is 0 Å². The fraction of sp³-hybridized carbons (Fsp3) is 0.333. The summed E-state index contributed by atoms with van der Waals surface area (Å²) in [5.41, 5.74) is 1.58. The quantitative estimate of drug-likeness (QED) is 0.477. The standard InChI is InChI=1S/C21H28N4O3S/c1-7-18(28-15(2)3)11-8-16(4)17-9-12-19(13-10-17)29(26,27)24-21(5,6)20-14-22-25-23-20/h7-15,24H,1H2,2-6H3,(H,22,23,25)/b16-8+,18-11+. The van der Waals surface area contributed by atoms with Crippen molar-refractivity contribution < 1.29 is 13.2 Å². The minimum Gasteiger partial charge on any atom is -0.491 e. The minimum absolute atomic E-state index is 0.0618. The van der Waals surface area contributed by atoms with E-state index in [1.807, 2.05) is 32.9 Å². The summed E-state index contributed by atoms with van der Waals surface area (Å²) in [4.78, 5) is 0.181. The molecule has 29 heavy (non-hydrogen) atoms. The number of rotatable bonds is 9. The molecule has 0 bridgehead atoms. The van der Waals surface area contributed by atoms with Crippen molar-refractivity contribution in [2.45, 2.75) is 51.2 Å². The second-order valence-corrected chi connectivity index (χ2v) is 9.10. The summed E-state index contributed by atoms with van der Waals surface area (Å²) in [6.07, 6.45) is 6.97. The van der Waals surface area contributed by atoms with Crippen LogP contribution in [0.2, 0.25) is 0 Å². The van der Waals surface area contributed by atoms with Crippen molar-refractivity contribution in [2.24, 2.45) is 0 Å². The summed E-state index contributed by atoms with van der Waals surface area (Å²) in [6, 6.07) is 6.71. The molecule has 0 atom stereocenters. The fourth-order valence-electron chi connectivity index (χ4n) is 2.58. The molecule has 2 rings (SSSR count). The monoisotopic (exact) mass is 416 g/mol. The lowest BCUT2D eigenvalue weighted by Gasteiger charge is -2.24. The number of hydrogen-bond acceptors (Lipinski definition) is 5. The molecular weight excluding hydrogens is 388 g/mol. The summed E-state index contributed by atoms with van der Waals surface area (Å²) in [6.45, 7) is 13.1. The van der Waals surface area contributed by atoms with Crippen LogP contribution in [-0.4, -0.2) is 29.9 Å². The lowest BCUT2D eigenvalue weighted by molar-refractivity contribution is 0.158. The lowest BCUT2D eigenvalue weighted by atomic mass is 10.0. The van der Waals surface area contributed by atoms with E-state index in [2.05, 4.69) is 26.7 Å². The van der Waals surface area contributed by atoms with Gasteiger partial charge in [0.15, 0.2) is 0 Å². The average molecular weight is 417 g/mol. The van der Waals surface area contributed by atoms with Crippen LogP contribution < -0.4 is 4.72 Å². The molecule has 0 saturated heterocycles. The van der Waals surface area contributed by atoms with E-state index in [1.165, 1.54) is 6.20 Å². The van der Waals surface area contributed by atoms with Gasteiger partial charge >= 0.3 is 0 Å². The molecule has 0 unspecified atom stereocenters. The van der Waals surface area contributed by atoms with Crippen molar-refractivity contribution in [1.29, 1.82) is 0 Å². The molecule has 7 nitrogen and oxygen atoms in total. The molecule has 0 aliphatic rings. The Bertz CT molecular complexity index is 987. The van der Waals surface area contributed by atoms with E-state index in [4.69, 9.17) is 4.74 Å². The van der Waals surface area contributed by atoms with Gasteiger partial charge in [0.05, 0.1) is 28.4 Å². The summed E-state index contributed by atoms with van der Waals surface area (Å²) < 4.78 is 33.8. The van der Waals surface area contributed by atoms with Gasteiger partial charge in [-0.15, -0.1) is 5.10 Å². The topological polar surface area (TPSA) is 97.0 Å². The first kappa shape index (κ1) is 22.6. The van der Waals surface area contributed by atoms with Gasteiger partial charge in [-0.2, -0.15) is 4.72 Å². The number of allylic oxidation sites excluding steroid dienone is 4. The van der Waals surface area contributed by atoms with E-state index in [0.717, 1.165) is 11.1 Å². The van der Waals surface area contributed by atoms with Gasteiger partial charge < -0.3 is 4.74 Å². The van der Waals surface area contributed by atoms with Crippen LogP contribution in [0.25, 0.3) is 5.57 Å². The molecule has 0 amide bonds. The zero-order valence-electron chi connectivity index (χ0n) is 17.4. The SMILES string of the molecule is C=C/C(=C\C=C(/C)c1ccc(S(=O)(=O)NC(C)(C)c2cnn[nH]2)cc1)OC(C)C. The lowest BCUT2D eigenvalue weighted by Crippen LogP contribution is -2.41. The van der Waals surface area contributed by atoms with Gasteiger partial charge in [-0.1, -0.05) is 30.0 Å². The van der Waals surface area contributed by atoms with E-state index in [1.54, 1.807) is 44.2 Å². The molecule has 1 heterocycles. The van der Waals surface area contributed by atoms with E-state index in [-0.39, 0.29) is 11.0 Å². The molecule has 1 aromatic heterocycles. The zero-order valence-corrected chi connectivity index (χ0v) is 18.2. The van der Waals surface area contributed by atoms with Gasteiger partial charge in [-0.05, 0) is 70.0 Å². The van der Waals surface area contributed by atoms with Crippen LogP contribution in [0, 0.1) is 0 Å². The molecule has 0 fully saturated rings. The third-order valence-electron chi connectivity index (χ3n) is 4.17. The second kappa shape index (κ2) is 9.19. The zero-order chi connectivity index (χ0) is 21.7. The van der Waals surface area contributed by atoms with Crippen LogP contribution in [0.1, 0.15) is 45.9 Å². The Morgan fingerprint density at radius 3 is 2.41 bits per heavy atom. The smallest absolute Gasteiger partial charge is 0.241 e. The number of aromatic nitrogens is 3. The van der Waals surface area contributed by atoms with Crippen LogP contribution in [0.15, 0.2) is 65.9 Å². The molecule has 156 valence electrons. The largest absolute Gasteiger partial charge is 0.491 e. The molecule has 0 aliphatic carbocycles. The fourth-order valence-corrected chi connectivity index (χ4v) is 3.97. The van der Waals surface area contributed by atoms with Crippen molar-refractivity contribution in [3.63, 3.8) is 0 Å². The van der Waals surface area contributed by atoms with Gasteiger partial charge in [0, 0.05) is 0 Å². The van der Waals surface area contributed by atoms with Gasteiger partial charge in [0.2, 0.25) is 10.0 Å². The Labute approximate surface area is 172 Å². The summed E-state index contributed by atoms with van der Waals surface area (Å²) in [5.74, 6) is 0.679. The molecule has 8 heteroatoms. The number of H-pyrrole nitrogens is 1. The van der Waals surface area contributed by atoms with Crippen LogP contribution in [0.3, 0.4) is 0 Å². The Morgan fingerprint density at radius 1 is 1.24 bits per heavy atom. The predicted octanol–water partition coefficient (Wildman–Crippen LogP) is 3.92. The van der Waals surface area contributed by atoms with E-state index in [0.29, 0.717) is 11.5 Å². The van der Waals surface area contributed by atoms with Crippen molar-refractivity contribution >= 4 is 15.6 Å². The molecule has 0 spiro atoms. The number of benzene rings is 1. The number of aromatic amines is 1. The number of hydrogen-bond donors (Lipinski definition) is 2. The Morgan fingerprint density at radius 2 is 1.90 bits per heavy atom. The van der Waals surface area contributed by atoms with Crippen LogP contribution in [-0.2, 0) is 20.3 Å². The van der Waals surface area contributed by atoms with Gasteiger partial charge in [0.25, 0.3) is 0 Å². The highest BCUT2D eigenvalue weighted by atomic mass is 32.2.